The second kappa shape index (κ2) is 7.97. The van der Waals surface area contributed by atoms with Crippen LogP contribution in [0.1, 0.15) is 32.0 Å². The van der Waals surface area contributed by atoms with E-state index in [4.69, 9.17) is 10.6 Å². The van der Waals surface area contributed by atoms with E-state index in [1.54, 1.807) is 19.5 Å². The number of aromatic nitrogens is 2. The lowest BCUT2D eigenvalue weighted by Gasteiger charge is -2.22. The molecule has 1 heterocycles. The molecule has 18 heavy (non-hydrogen) atoms. The largest absolute Gasteiger partial charge is 0.480 e. The summed E-state index contributed by atoms with van der Waals surface area (Å²) in [5, 5.41) is 0. The third-order valence-electron chi connectivity index (χ3n) is 3.04. The van der Waals surface area contributed by atoms with Gasteiger partial charge in [-0.3, -0.25) is 16.3 Å². The summed E-state index contributed by atoms with van der Waals surface area (Å²) in [5.41, 5.74) is 3.55. The molecule has 0 aromatic carbocycles. The van der Waals surface area contributed by atoms with Gasteiger partial charge >= 0.3 is 0 Å². The Morgan fingerprint density at radius 2 is 2.00 bits per heavy atom. The van der Waals surface area contributed by atoms with Crippen molar-refractivity contribution in [3.05, 3.63) is 18.1 Å². The van der Waals surface area contributed by atoms with Crippen molar-refractivity contribution in [2.45, 2.75) is 26.3 Å². The second-order valence-electron chi connectivity index (χ2n) is 3.99. The lowest BCUT2D eigenvalue weighted by Crippen LogP contribution is -2.33. The molecule has 1 rings (SSSR count). The number of hydrogen-bond donors (Lipinski definition) is 2. The second-order valence-corrected chi connectivity index (χ2v) is 3.99. The summed E-state index contributed by atoms with van der Waals surface area (Å²) >= 11 is 0. The maximum absolute atomic E-state index is 5.61. The zero-order chi connectivity index (χ0) is 13.4. The van der Waals surface area contributed by atoms with Gasteiger partial charge in [-0.15, -0.1) is 0 Å². The van der Waals surface area contributed by atoms with Crippen LogP contribution in [0.15, 0.2) is 12.4 Å². The lowest BCUT2D eigenvalue weighted by atomic mass is 10.1. The molecule has 0 spiro atoms. The molecular weight excluding hydrogens is 230 g/mol. The first-order chi connectivity index (χ1) is 8.76. The quantitative estimate of drug-likeness (QED) is 0.525. The van der Waals surface area contributed by atoms with Crippen molar-refractivity contribution in [2.75, 3.05) is 26.7 Å². The van der Waals surface area contributed by atoms with Crippen LogP contribution in [0.3, 0.4) is 0 Å². The van der Waals surface area contributed by atoms with Crippen LogP contribution < -0.4 is 16.0 Å². The summed E-state index contributed by atoms with van der Waals surface area (Å²) in [6, 6.07) is -0.0470. The van der Waals surface area contributed by atoms with E-state index in [0.717, 1.165) is 31.7 Å². The van der Waals surface area contributed by atoms with Crippen molar-refractivity contribution in [1.29, 1.82) is 0 Å². The minimum atomic E-state index is -0.0470. The maximum Gasteiger partial charge on any atom is 0.237 e. The number of ether oxygens (including phenoxy) is 1. The van der Waals surface area contributed by atoms with Crippen molar-refractivity contribution in [1.82, 2.24) is 20.3 Å². The summed E-state index contributed by atoms with van der Waals surface area (Å²) in [5.74, 6) is 6.13. The summed E-state index contributed by atoms with van der Waals surface area (Å²) in [4.78, 5) is 10.8. The van der Waals surface area contributed by atoms with E-state index in [-0.39, 0.29) is 6.04 Å². The summed E-state index contributed by atoms with van der Waals surface area (Å²) in [6.45, 7) is 7.33. The van der Waals surface area contributed by atoms with Crippen LogP contribution in [0, 0.1) is 0 Å². The first-order valence-corrected chi connectivity index (χ1v) is 6.30. The normalized spacial score (nSPS) is 12.7. The van der Waals surface area contributed by atoms with Crippen LogP contribution in [0.5, 0.6) is 5.88 Å². The first-order valence-electron chi connectivity index (χ1n) is 6.30. The van der Waals surface area contributed by atoms with Crippen molar-refractivity contribution < 1.29 is 4.74 Å². The number of hydrazine groups is 1. The summed E-state index contributed by atoms with van der Waals surface area (Å²) in [7, 11) is 1.59. The summed E-state index contributed by atoms with van der Waals surface area (Å²) < 4.78 is 5.20. The van der Waals surface area contributed by atoms with Gasteiger partial charge in [0.15, 0.2) is 0 Å². The van der Waals surface area contributed by atoms with Gasteiger partial charge in [0.1, 0.15) is 5.69 Å². The Morgan fingerprint density at radius 3 is 2.56 bits per heavy atom. The molecule has 0 aliphatic carbocycles. The SMILES string of the molecule is CCN(CC)CCC(NN)c1nccnc1OC. The summed E-state index contributed by atoms with van der Waals surface area (Å²) in [6.07, 6.45) is 4.13. The van der Waals surface area contributed by atoms with Crippen molar-refractivity contribution in [3.63, 3.8) is 0 Å². The molecule has 1 aromatic heterocycles. The van der Waals surface area contributed by atoms with Gasteiger partial charge in [-0.25, -0.2) is 4.98 Å². The molecule has 1 atom stereocenters. The molecule has 102 valence electrons. The highest BCUT2D eigenvalue weighted by Gasteiger charge is 2.17. The van der Waals surface area contributed by atoms with Crippen LogP contribution in [0.4, 0.5) is 0 Å². The van der Waals surface area contributed by atoms with Gasteiger partial charge in [0.05, 0.1) is 13.2 Å². The Morgan fingerprint density at radius 1 is 1.33 bits per heavy atom. The number of methoxy groups -OCH3 is 1. The van der Waals surface area contributed by atoms with Gasteiger partial charge in [0, 0.05) is 18.9 Å². The van der Waals surface area contributed by atoms with E-state index in [1.165, 1.54) is 0 Å². The smallest absolute Gasteiger partial charge is 0.237 e. The maximum atomic E-state index is 5.61. The fourth-order valence-electron chi connectivity index (χ4n) is 1.88. The van der Waals surface area contributed by atoms with Gasteiger partial charge in [-0.1, -0.05) is 13.8 Å². The molecule has 1 unspecified atom stereocenters. The minimum absolute atomic E-state index is 0.0470. The molecule has 6 heteroatoms. The van der Waals surface area contributed by atoms with Crippen LogP contribution in [-0.2, 0) is 0 Å². The fourth-order valence-corrected chi connectivity index (χ4v) is 1.88. The van der Waals surface area contributed by atoms with Crippen LogP contribution in [0.2, 0.25) is 0 Å². The van der Waals surface area contributed by atoms with Gasteiger partial charge < -0.3 is 9.64 Å². The monoisotopic (exact) mass is 253 g/mol. The standard InChI is InChI=1S/C12H23N5O/c1-4-17(5-2)9-6-10(16-13)11-12(18-3)15-8-7-14-11/h7-8,10,16H,4-6,9,13H2,1-3H3. The third-order valence-corrected chi connectivity index (χ3v) is 3.04. The number of nitrogens with two attached hydrogens (primary N) is 1. The predicted molar refractivity (Wildman–Crippen MR) is 71.1 cm³/mol. The molecular formula is C12H23N5O. The topological polar surface area (TPSA) is 76.3 Å². The molecule has 0 amide bonds. The molecule has 6 nitrogen and oxygen atoms in total. The van der Waals surface area contributed by atoms with Crippen molar-refractivity contribution in [3.8, 4) is 5.88 Å². The predicted octanol–water partition coefficient (Wildman–Crippen LogP) is 0.722. The Labute approximate surface area is 109 Å². The molecule has 0 aliphatic rings. The van der Waals surface area contributed by atoms with E-state index in [9.17, 15) is 0 Å². The molecule has 0 saturated heterocycles. The van der Waals surface area contributed by atoms with Crippen LogP contribution in [0.25, 0.3) is 0 Å². The number of nitrogens with one attached hydrogen (secondary N) is 1. The zero-order valence-corrected chi connectivity index (χ0v) is 11.4. The Hall–Kier alpha value is -1.24. The van der Waals surface area contributed by atoms with E-state index < -0.39 is 0 Å². The first kappa shape index (κ1) is 14.8. The molecule has 0 bridgehead atoms. The number of hydrogen-bond acceptors (Lipinski definition) is 6. The van der Waals surface area contributed by atoms with E-state index in [0.29, 0.717) is 5.88 Å². The average molecular weight is 253 g/mol. The minimum Gasteiger partial charge on any atom is -0.480 e. The zero-order valence-electron chi connectivity index (χ0n) is 11.4. The third kappa shape index (κ3) is 3.90. The molecule has 0 radical (unpaired) electrons. The van der Waals surface area contributed by atoms with Crippen molar-refractivity contribution >= 4 is 0 Å². The highest BCUT2D eigenvalue weighted by atomic mass is 16.5. The number of nitrogens with zero attached hydrogens (tertiary/aromatic N) is 3. The number of rotatable bonds is 8. The Balaban J connectivity index is 2.70. The van der Waals surface area contributed by atoms with E-state index >= 15 is 0 Å². The molecule has 0 aliphatic heterocycles. The van der Waals surface area contributed by atoms with Crippen LogP contribution in [-0.4, -0.2) is 41.6 Å². The van der Waals surface area contributed by atoms with E-state index in [1.807, 2.05) is 0 Å². The van der Waals surface area contributed by atoms with Gasteiger partial charge in [-0.2, -0.15) is 0 Å². The molecule has 0 fully saturated rings. The van der Waals surface area contributed by atoms with Crippen LogP contribution >= 0.6 is 0 Å². The van der Waals surface area contributed by atoms with E-state index in [2.05, 4.69) is 34.1 Å². The average Bonchev–Trinajstić information content (AvgIpc) is 2.44. The van der Waals surface area contributed by atoms with Crippen molar-refractivity contribution in [2.24, 2.45) is 5.84 Å². The Bertz CT molecular complexity index is 343. The highest BCUT2D eigenvalue weighted by Crippen LogP contribution is 2.21. The van der Waals surface area contributed by atoms with Gasteiger partial charge in [0.2, 0.25) is 5.88 Å². The molecule has 0 saturated carbocycles. The van der Waals surface area contributed by atoms with Gasteiger partial charge in [0.25, 0.3) is 0 Å². The highest BCUT2D eigenvalue weighted by molar-refractivity contribution is 5.20. The molecule has 1 aromatic rings. The lowest BCUT2D eigenvalue weighted by molar-refractivity contribution is 0.278. The van der Waals surface area contributed by atoms with Gasteiger partial charge in [-0.05, 0) is 19.5 Å². The fraction of sp³-hybridized carbons (Fsp3) is 0.667. The molecule has 3 N–H and O–H groups in total. The Kier molecular flexibility index (Phi) is 6.56.